The Labute approximate surface area is 74.5 Å². The lowest BCUT2D eigenvalue weighted by atomic mass is 10.2. The van der Waals surface area contributed by atoms with Crippen molar-refractivity contribution in [3.63, 3.8) is 0 Å². The van der Waals surface area contributed by atoms with Crippen LogP contribution in [0.4, 0.5) is 4.39 Å². The summed E-state index contributed by atoms with van der Waals surface area (Å²) in [5.74, 6) is -1.03. The molecule has 1 N–H and O–H groups in total. The average Bonchev–Trinajstić information content (AvgIpc) is 2.04. The molecule has 1 aromatic rings. The van der Waals surface area contributed by atoms with Crippen molar-refractivity contribution >= 4 is 11.5 Å². The zero-order valence-electron chi connectivity index (χ0n) is 6.99. The van der Waals surface area contributed by atoms with Gasteiger partial charge < -0.3 is 5.11 Å². The molecule has 4 heteroatoms. The molecule has 0 bridgehead atoms. The molecule has 3 nitrogen and oxygen atoms in total. The quantitative estimate of drug-likeness (QED) is 0.558. The number of aromatic nitrogens is 1. The van der Waals surface area contributed by atoms with Gasteiger partial charge in [-0.2, -0.15) is 0 Å². The zero-order chi connectivity index (χ0) is 9.84. The lowest BCUT2D eigenvalue weighted by molar-refractivity contribution is -0.112. The third-order valence-electron chi connectivity index (χ3n) is 1.33. The van der Waals surface area contributed by atoms with Gasteiger partial charge in [-0.1, -0.05) is 0 Å². The van der Waals surface area contributed by atoms with E-state index in [0.29, 0.717) is 0 Å². The van der Waals surface area contributed by atoms with Crippen molar-refractivity contribution in [2.75, 3.05) is 0 Å². The second kappa shape index (κ2) is 3.80. The smallest absolute Gasteiger partial charge is 0.156 e. The number of hydrogen-bond donors (Lipinski definition) is 1. The van der Waals surface area contributed by atoms with Gasteiger partial charge in [0.05, 0.1) is 6.20 Å². The van der Waals surface area contributed by atoms with Gasteiger partial charge in [0.25, 0.3) is 0 Å². The molecule has 0 aromatic carbocycles. The fraction of sp³-hybridized carbons (Fsp3) is 0.111. The second-order valence-corrected chi connectivity index (χ2v) is 2.50. The first kappa shape index (κ1) is 9.38. The predicted octanol–water partition coefficient (Wildman–Crippen LogP) is 1.71. The van der Waals surface area contributed by atoms with Gasteiger partial charge in [0.1, 0.15) is 17.3 Å². The van der Waals surface area contributed by atoms with Gasteiger partial charge >= 0.3 is 0 Å². The molecule has 0 aliphatic carbocycles. The third kappa shape index (κ3) is 2.66. The van der Waals surface area contributed by atoms with E-state index in [1.807, 2.05) is 0 Å². The summed E-state index contributed by atoms with van der Waals surface area (Å²) < 4.78 is 12.4. The fourth-order valence-electron chi connectivity index (χ4n) is 0.794. The summed E-state index contributed by atoms with van der Waals surface area (Å²) in [6, 6.07) is 2.45. The van der Waals surface area contributed by atoms with E-state index in [-0.39, 0.29) is 17.2 Å². The minimum absolute atomic E-state index is 0.177. The first-order valence-corrected chi connectivity index (χ1v) is 3.63. The molecule has 0 unspecified atom stereocenters. The number of hydrogen-bond acceptors (Lipinski definition) is 3. The van der Waals surface area contributed by atoms with Gasteiger partial charge in [0, 0.05) is 6.08 Å². The van der Waals surface area contributed by atoms with Crippen LogP contribution in [-0.2, 0) is 4.79 Å². The van der Waals surface area contributed by atoms with E-state index in [4.69, 9.17) is 0 Å². The number of carbonyl (C=O) groups excluding carboxylic acids is 1. The zero-order valence-corrected chi connectivity index (χ0v) is 6.99. The second-order valence-electron chi connectivity index (χ2n) is 2.50. The topological polar surface area (TPSA) is 50.2 Å². The normalized spacial score (nSPS) is 11.4. The van der Waals surface area contributed by atoms with E-state index in [1.54, 1.807) is 0 Å². The van der Waals surface area contributed by atoms with Crippen LogP contribution in [0.3, 0.4) is 0 Å². The number of allylic oxidation sites excluding steroid dienone is 1. The summed E-state index contributed by atoms with van der Waals surface area (Å²) in [6.07, 6.45) is 2.00. The molecule has 0 atom stereocenters. The molecule has 0 spiro atoms. The molecule has 1 rings (SSSR count). The summed E-state index contributed by atoms with van der Waals surface area (Å²) in [7, 11) is 0. The van der Waals surface area contributed by atoms with Gasteiger partial charge in [-0.05, 0) is 19.1 Å². The predicted molar refractivity (Wildman–Crippen MR) is 45.5 cm³/mol. The number of halogens is 1. The standard InChI is InChI=1S/C9H8FNO2/c1-6(12)4-9(13)8-3-2-7(10)5-11-8/h2-5,13H,1H3/b9-4-. The summed E-state index contributed by atoms with van der Waals surface area (Å²) in [5, 5.41) is 9.24. The third-order valence-corrected chi connectivity index (χ3v) is 1.33. The monoisotopic (exact) mass is 181 g/mol. The highest BCUT2D eigenvalue weighted by molar-refractivity contribution is 5.93. The van der Waals surface area contributed by atoms with Crippen LogP contribution in [0.1, 0.15) is 12.6 Å². The minimum atomic E-state index is -0.487. The molecule has 0 fully saturated rings. The molecule has 0 saturated heterocycles. The van der Waals surface area contributed by atoms with Crippen LogP contribution in [0.5, 0.6) is 0 Å². The van der Waals surface area contributed by atoms with Crippen LogP contribution in [0.2, 0.25) is 0 Å². The number of ketones is 1. The molecular weight excluding hydrogens is 173 g/mol. The Morgan fingerprint density at radius 3 is 2.77 bits per heavy atom. The maximum Gasteiger partial charge on any atom is 0.156 e. The summed E-state index contributed by atoms with van der Waals surface area (Å²) >= 11 is 0. The van der Waals surface area contributed by atoms with Gasteiger partial charge in [-0.3, -0.25) is 4.79 Å². The van der Waals surface area contributed by atoms with Crippen molar-refractivity contribution in [3.05, 3.63) is 35.9 Å². The lowest BCUT2D eigenvalue weighted by Gasteiger charge is -1.96. The van der Waals surface area contributed by atoms with E-state index in [0.717, 1.165) is 18.3 Å². The van der Waals surface area contributed by atoms with Crippen molar-refractivity contribution < 1.29 is 14.3 Å². The van der Waals surface area contributed by atoms with Crippen LogP contribution in [0.15, 0.2) is 24.4 Å². The highest BCUT2D eigenvalue weighted by Crippen LogP contribution is 2.07. The molecular formula is C9H8FNO2. The molecule has 0 aliphatic heterocycles. The van der Waals surface area contributed by atoms with Crippen molar-refractivity contribution in [2.45, 2.75) is 6.92 Å². The number of carbonyl (C=O) groups is 1. The highest BCUT2D eigenvalue weighted by Gasteiger charge is 2.01. The first-order valence-electron chi connectivity index (χ1n) is 3.63. The Hall–Kier alpha value is -1.71. The van der Waals surface area contributed by atoms with Gasteiger partial charge in [0.2, 0.25) is 0 Å². The number of pyridine rings is 1. The molecule has 1 aromatic heterocycles. The molecule has 13 heavy (non-hydrogen) atoms. The molecule has 1 heterocycles. The summed E-state index contributed by atoms with van der Waals surface area (Å²) in [5.41, 5.74) is 0.177. The van der Waals surface area contributed by atoms with Crippen LogP contribution in [0, 0.1) is 5.82 Å². The minimum Gasteiger partial charge on any atom is -0.506 e. The Kier molecular flexibility index (Phi) is 2.74. The van der Waals surface area contributed by atoms with E-state index in [9.17, 15) is 14.3 Å². The summed E-state index contributed by atoms with van der Waals surface area (Å²) in [6.45, 7) is 1.31. The van der Waals surface area contributed by atoms with Crippen molar-refractivity contribution in [3.8, 4) is 0 Å². The van der Waals surface area contributed by atoms with E-state index < -0.39 is 5.82 Å². The Morgan fingerprint density at radius 2 is 2.31 bits per heavy atom. The molecule has 0 saturated carbocycles. The van der Waals surface area contributed by atoms with Crippen molar-refractivity contribution in [2.24, 2.45) is 0 Å². The molecule has 0 amide bonds. The van der Waals surface area contributed by atoms with Crippen LogP contribution in [-0.4, -0.2) is 15.9 Å². The molecule has 0 aliphatic rings. The first-order chi connectivity index (χ1) is 6.09. The van der Waals surface area contributed by atoms with E-state index in [2.05, 4.69) is 4.98 Å². The van der Waals surface area contributed by atoms with Crippen molar-refractivity contribution in [1.29, 1.82) is 0 Å². The van der Waals surface area contributed by atoms with Gasteiger partial charge in [0.15, 0.2) is 5.78 Å². The van der Waals surface area contributed by atoms with E-state index in [1.165, 1.54) is 13.0 Å². The van der Waals surface area contributed by atoms with Gasteiger partial charge in [-0.25, -0.2) is 9.37 Å². The average molecular weight is 181 g/mol. The van der Waals surface area contributed by atoms with Gasteiger partial charge in [-0.15, -0.1) is 0 Å². The molecule has 68 valence electrons. The van der Waals surface area contributed by atoms with Crippen LogP contribution in [0.25, 0.3) is 5.76 Å². The number of nitrogens with zero attached hydrogens (tertiary/aromatic N) is 1. The number of rotatable bonds is 2. The SMILES string of the molecule is CC(=O)/C=C(\O)c1ccc(F)cn1. The number of aliphatic hydroxyl groups is 1. The summed E-state index contributed by atoms with van der Waals surface area (Å²) in [4.78, 5) is 14.1. The largest absolute Gasteiger partial charge is 0.506 e. The maximum absolute atomic E-state index is 12.4. The van der Waals surface area contributed by atoms with Crippen molar-refractivity contribution in [1.82, 2.24) is 4.98 Å². The Morgan fingerprint density at radius 1 is 1.62 bits per heavy atom. The number of aliphatic hydroxyl groups excluding tert-OH is 1. The Balaban J connectivity index is 2.96. The lowest BCUT2D eigenvalue weighted by Crippen LogP contribution is -1.92. The van der Waals surface area contributed by atoms with E-state index >= 15 is 0 Å². The molecule has 0 radical (unpaired) electrons. The highest BCUT2D eigenvalue weighted by atomic mass is 19.1. The van der Waals surface area contributed by atoms with Crippen LogP contribution < -0.4 is 0 Å². The Bertz CT molecular complexity index is 343. The maximum atomic E-state index is 12.4. The van der Waals surface area contributed by atoms with Crippen LogP contribution >= 0.6 is 0 Å². The fourth-order valence-corrected chi connectivity index (χ4v) is 0.794.